The first-order valence-corrected chi connectivity index (χ1v) is 4.21. The monoisotopic (exact) mass is 173 g/mol. The first-order chi connectivity index (χ1) is 5.55. The molecule has 1 fully saturated rings. The topological polar surface area (TPSA) is 69.6 Å². The molecular formula is C8H15NO3. The molecular weight excluding hydrogens is 158 g/mol. The highest BCUT2D eigenvalue weighted by molar-refractivity contribution is 5.77. The molecule has 0 aromatic rings. The highest BCUT2D eigenvalue weighted by Gasteiger charge is 2.39. The second kappa shape index (κ2) is 3.41. The van der Waals surface area contributed by atoms with Crippen LogP contribution in [0.15, 0.2) is 0 Å². The van der Waals surface area contributed by atoms with Crippen LogP contribution in [0.3, 0.4) is 0 Å². The summed E-state index contributed by atoms with van der Waals surface area (Å²) in [7, 11) is 0. The lowest BCUT2D eigenvalue weighted by atomic mass is 9.84. The summed E-state index contributed by atoms with van der Waals surface area (Å²) in [4.78, 5) is 10.6. The maximum Gasteiger partial charge on any atom is 0.335 e. The number of carboxylic acids is 1. The molecule has 12 heavy (non-hydrogen) atoms. The molecule has 0 spiro atoms. The predicted molar refractivity (Wildman–Crippen MR) is 43.9 cm³/mol. The van der Waals surface area contributed by atoms with E-state index < -0.39 is 11.6 Å². The SMILES string of the molecule is C[C@@](O)(C(=O)O)[C@H]1CCCNC1. The van der Waals surface area contributed by atoms with E-state index in [0.717, 1.165) is 19.4 Å². The maximum absolute atomic E-state index is 10.6. The van der Waals surface area contributed by atoms with Crippen LogP contribution in [0.2, 0.25) is 0 Å². The molecule has 1 heterocycles. The zero-order valence-electron chi connectivity index (χ0n) is 7.21. The molecule has 0 radical (unpaired) electrons. The number of aliphatic hydroxyl groups is 1. The van der Waals surface area contributed by atoms with Crippen molar-refractivity contribution in [1.29, 1.82) is 0 Å². The standard InChI is InChI=1S/C8H15NO3/c1-8(12,7(10)11)6-3-2-4-9-5-6/h6,9,12H,2-5H2,1H3,(H,10,11)/t6-,8-/m0/s1. The second-order valence-corrected chi connectivity index (χ2v) is 3.50. The third-order valence-electron chi connectivity index (χ3n) is 2.52. The normalized spacial score (nSPS) is 29.3. The Labute approximate surface area is 71.6 Å². The summed E-state index contributed by atoms with van der Waals surface area (Å²) in [6, 6.07) is 0. The molecule has 1 aliphatic heterocycles. The molecule has 1 saturated heterocycles. The number of carboxylic acid groups (broad SMARTS) is 1. The van der Waals surface area contributed by atoms with Gasteiger partial charge >= 0.3 is 5.97 Å². The van der Waals surface area contributed by atoms with E-state index >= 15 is 0 Å². The zero-order chi connectivity index (χ0) is 9.19. The van der Waals surface area contributed by atoms with Crippen LogP contribution in [0.1, 0.15) is 19.8 Å². The number of nitrogens with one attached hydrogen (secondary N) is 1. The van der Waals surface area contributed by atoms with Gasteiger partial charge in [-0.05, 0) is 26.3 Å². The molecule has 0 unspecified atom stereocenters. The maximum atomic E-state index is 10.6. The molecule has 2 atom stereocenters. The fraction of sp³-hybridized carbons (Fsp3) is 0.875. The van der Waals surface area contributed by atoms with Crippen molar-refractivity contribution in [3.05, 3.63) is 0 Å². The van der Waals surface area contributed by atoms with Crippen LogP contribution < -0.4 is 5.32 Å². The summed E-state index contributed by atoms with van der Waals surface area (Å²) in [5.41, 5.74) is -1.58. The van der Waals surface area contributed by atoms with Crippen LogP contribution in [0, 0.1) is 5.92 Å². The summed E-state index contributed by atoms with van der Waals surface area (Å²) in [6.07, 6.45) is 1.72. The minimum atomic E-state index is -1.58. The Bertz CT molecular complexity index is 173. The highest BCUT2D eigenvalue weighted by Crippen LogP contribution is 2.23. The minimum Gasteiger partial charge on any atom is -0.479 e. The molecule has 0 aromatic heterocycles. The van der Waals surface area contributed by atoms with E-state index in [1.54, 1.807) is 0 Å². The Kier molecular flexibility index (Phi) is 2.69. The third kappa shape index (κ3) is 1.76. The smallest absolute Gasteiger partial charge is 0.335 e. The first-order valence-electron chi connectivity index (χ1n) is 4.21. The average molecular weight is 173 g/mol. The molecule has 1 rings (SSSR count). The van der Waals surface area contributed by atoms with Crippen molar-refractivity contribution in [2.75, 3.05) is 13.1 Å². The summed E-state index contributed by atoms with van der Waals surface area (Å²) < 4.78 is 0. The Morgan fingerprint density at radius 1 is 1.67 bits per heavy atom. The van der Waals surface area contributed by atoms with E-state index in [1.165, 1.54) is 6.92 Å². The Morgan fingerprint density at radius 2 is 2.33 bits per heavy atom. The van der Waals surface area contributed by atoms with Crippen molar-refractivity contribution in [2.24, 2.45) is 5.92 Å². The summed E-state index contributed by atoms with van der Waals surface area (Å²) in [5, 5.41) is 21.4. The molecule has 0 amide bonds. The number of hydrogen-bond donors (Lipinski definition) is 3. The van der Waals surface area contributed by atoms with Gasteiger partial charge in [0.2, 0.25) is 0 Å². The van der Waals surface area contributed by atoms with Gasteiger partial charge in [0.25, 0.3) is 0 Å². The zero-order valence-corrected chi connectivity index (χ0v) is 7.21. The van der Waals surface area contributed by atoms with Gasteiger partial charge in [0.1, 0.15) is 0 Å². The molecule has 4 heteroatoms. The van der Waals surface area contributed by atoms with E-state index in [0.29, 0.717) is 6.54 Å². The Morgan fingerprint density at radius 3 is 2.75 bits per heavy atom. The lowest BCUT2D eigenvalue weighted by molar-refractivity contribution is -0.163. The summed E-state index contributed by atoms with van der Waals surface area (Å²) in [6.45, 7) is 2.89. The van der Waals surface area contributed by atoms with Crippen molar-refractivity contribution in [3.63, 3.8) is 0 Å². The van der Waals surface area contributed by atoms with E-state index in [-0.39, 0.29) is 5.92 Å². The molecule has 0 bridgehead atoms. The van der Waals surface area contributed by atoms with E-state index in [9.17, 15) is 9.90 Å². The first kappa shape index (κ1) is 9.48. The quantitative estimate of drug-likeness (QED) is 0.542. The van der Waals surface area contributed by atoms with Crippen LogP contribution in [0.4, 0.5) is 0 Å². The van der Waals surface area contributed by atoms with Crippen LogP contribution in [-0.4, -0.2) is 34.9 Å². The van der Waals surface area contributed by atoms with Crippen molar-refractivity contribution < 1.29 is 15.0 Å². The number of hydrogen-bond acceptors (Lipinski definition) is 3. The Hall–Kier alpha value is -0.610. The van der Waals surface area contributed by atoms with Gasteiger partial charge in [-0.25, -0.2) is 4.79 Å². The van der Waals surface area contributed by atoms with Crippen LogP contribution in [-0.2, 0) is 4.79 Å². The fourth-order valence-electron chi connectivity index (χ4n) is 1.51. The molecule has 0 aliphatic carbocycles. The lowest BCUT2D eigenvalue weighted by Crippen LogP contribution is -2.49. The van der Waals surface area contributed by atoms with Gasteiger partial charge in [-0.2, -0.15) is 0 Å². The summed E-state index contributed by atoms with van der Waals surface area (Å²) in [5.74, 6) is -1.29. The number of carbonyl (C=O) groups is 1. The van der Waals surface area contributed by atoms with Gasteiger partial charge in [-0.3, -0.25) is 0 Å². The molecule has 0 saturated carbocycles. The van der Waals surface area contributed by atoms with Crippen molar-refractivity contribution >= 4 is 5.97 Å². The second-order valence-electron chi connectivity index (χ2n) is 3.50. The van der Waals surface area contributed by atoms with E-state index in [2.05, 4.69) is 5.32 Å². The average Bonchev–Trinajstić information content (AvgIpc) is 2.06. The van der Waals surface area contributed by atoms with Crippen molar-refractivity contribution in [1.82, 2.24) is 5.32 Å². The molecule has 3 N–H and O–H groups in total. The van der Waals surface area contributed by atoms with Crippen molar-refractivity contribution in [2.45, 2.75) is 25.4 Å². The third-order valence-corrected chi connectivity index (χ3v) is 2.52. The van der Waals surface area contributed by atoms with Gasteiger partial charge < -0.3 is 15.5 Å². The van der Waals surface area contributed by atoms with Crippen LogP contribution in [0.5, 0.6) is 0 Å². The van der Waals surface area contributed by atoms with E-state index in [4.69, 9.17) is 5.11 Å². The lowest BCUT2D eigenvalue weighted by Gasteiger charge is -2.32. The highest BCUT2D eigenvalue weighted by atomic mass is 16.4. The number of piperidine rings is 1. The number of rotatable bonds is 2. The van der Waals surface area contributed by atoms with Crippen molar-refractivity contribution in [3.8, 4) is 0 Å². The summed E-state index contributed by atoms with van der Waals surface area (Å²) >= 11 is 0. The molecule has 4 nitrogen and oxygen atoms in total. The molecule has 1 aliphatic rings. The fourth-order valence-corrected chi connectivity index (χ4v) is 1.51. The van der Waals surface area contributed by atoms with Gasteiger partial charge in [-0.1, -0.05) is 0 Å². The minimum absolute atomic E-state index is 0.163. The molecule has 70 valence electrons. The molecule has 0 aromatic carbocycles. The number of aliphatic carboxylic acids is 1. The van der Waals surface area contributed by atoms with Gasteiger partial charge in [-0.15, -0.1) is 0 Å². The largest absolute Gasteiger partial charge is 0.479 e. The predicted octanol–water partition coefficient (Wildman–Crippen LogP) is -0.178. The Balaban J connectivity index is 2.59. The van der Waals surface area contributed by atoms with Crippen LogP contribution in [0.25, 0.3) is 0 Å². The van der Waals surface area contributed by atoms with Crippen LogP contribution >= 0.6 is 0 Å². The van der Waals surface area contributed by atoms with E-state index in [1.807, 2.05) is 0 Å². The van der Waals surface area contributed by atoms with Gasteiger partial charge in [0.05, 0.1) is 0 Å². The van der Waals surface area contributed by atoms with Gasteiger partial charge in [0, 0.05) is 12.5 Å². The van der Waals surface area contributed by atoms with Gasteiger partial charge in [0.15, 0.2) is 5.60 Å².